The van der Waals surface area contributed by atoms with Gasteiger partial charge in [-0.25, -0.2) is 5.84 Å². The first-order valence-electron chi connectivity index (χ1n) is 5.05. The lowest BCUT2D eigenvalue weighted by Crippen LogP contribution is -2.39. The number of carbonyl (C=O) groups excluding carboxylic acids is 1. The second-order valence-electron chi connectivity index (χ2n) is 3.66. The molecule has 0 aromatic carbocycles. The lowest BCUT2D eigenvalue weighted by Gasteiger charge is -2.14. The van der Waals surface area contributed by atoms with Crippen LogP contribution in [0.5, 0.6) is 0 Å². The Kier molecular flexibility index (Phi) is 5.38. The van der Waals surface area contributed by atoms with E-state index in [2.05, 4.69) is 5.43 Å². The summed E-state index contributed by atoms with van der Waals surface area (Å²) in [6.07, 6.45) is 1.31. The average molecular weight is 234 g/mol. The third kappa shape index (κ3) is 3.98. The van der Waals surface area contributed by atoms with Crippen molar-refractivity contribution < 1.29 is 14.6 Å². The lowest BCUT2D eigenvalue weighted by atomic mass is 10.2. The van der Waals surface area contributed by atoms with Gasteiger partial charge in [0.25, 0.3) is 5.91 Å². The van der Waals surface area contributed by atoms with E-state index in [1.54, 1.807) is 11.8 Å². The minimum Gasteiger partial charge on any atom is -0.395 e. The molecular formula is C9H18N2O3S. The van der Waals surface area contributed by atoms with E-state index in [4.69, 9.17) is 15.7 Å². The number of amides is 1. The Balaban J connectivity index is 2.22. The van der Waals surface area contributed by atoms with E-state index >= 15 is 0 Å². The number of hydrazine groups is 1. The molecule has 15 heavy (non-hydrogen) atoms. The molecule has 0 bridgehead atoms. The van der Waals surface area contributed by atoms with Gasteiger partial charge in [-0.1, -0.05) is 6.92 Å². The standard InChI is InChI=1S/C9H18N2O3S/c1-6(4-12)15-5-7-2-3-8(14-7)9(13)11-10/h6-8,12H,2-5,10H2,1H3,(H,11,13). The molecule has 0 aliphatic carbocycles. The first-order valence-corrected chi connectivity index (χ1v) is 6.10. The number of nitrogens with one attached hydrogen (secondary N) is 1. The molecule has 1 amide bonds. The first kappa shape index (κ1) is 12.8. The number of nitrogens with two attached hydrogens (primary N) is 1. The van der Waals surface area contributed by atoms with Crippen molar-refractivity contribution in [3.8, 4) is 0 Å². The van der Waals surface area contributed by atoms with Gasteiger partial charge in [0.2, 0.25) is 0 Å². The topological polar surface area (TPSA) is 84.6 Å². The Labute approximate surface area is 93.7 Å². The van der Waals surface area contributed by atoms with Crippen LogP contribution in [0.2, 0.25) is 0 Å². The molecule has 1 aliphatic heterocycles. The highest BCUT2D eigenvalue weighted by atomic mass is 32.2. The fourth-order valence-electron chi connectivity index (χ4n) is 1.44. The van der Waals surface area contributed by atoms with Crippen LogP contribution in [0, 0.1) is 0 Å². The minimum absolute atomic E-state index is 0.103. The van der Waals surface area contributed by atoms with E-state index in [1.165, 1.54) is 0 Å². The summed E-state index contributed by atoms with van der Waals surface area (Å²) in [6, 6.07) is 0. The van der Waals surface area contributed by atoms with Crippen LogP contribution in [-0.4, -0.2) is 40.8 Å². The van der Waals surface area contributed by atoms with Gasteiger partial charge in [-0.15, -0.1) is 0 Å². The number of rotatable bonds is 5. The fraction of sp³-hybridized carbons (Fsp3) is 0.889. The van der Waals surface area contributed by atoms with Crippen LogP contribution in [0.25, 0.3) is 0 Å². The highest BCUT2D eigenvalue weighted by Gasteiger charge is 2.30. The first-order chi connectivity index (χ1) is 7.17. The number of aliphatic hydroxyl groups excluding tert-OH is 1. The monoisotopic (exact) mass is 234 g/mol. The van der Waals surface area contributed by atoms with E-state index in [-0.39, 0.29) is 23.9 Å². The summed E-state index contributed by atoms with van der Waals surface area (Å²) in [4.78, 5) is 11.1. The summed E-state index contributed by atoms with van der Waals surface area (Å²) in [5.74, 6) is 5.59. The van der Waals surface area contributed by atoms with Gasteiger partial charge in [0, 0.05) is 11.0 Å². The van der Waals surface area contributed by atoms with E-state index in [0.29, 0.717) is 0 Å². The molecule has 0 aromatic heterocycles. The number of hydrogen-bond acceptors (Lipinski definition) is 5. The molecule has 0 radical (unpaired) electrons. The maximum Gasteiger partial charge on any atom is 0.263 e. The Bertz CT molecular complexity index is 216. The third-order valence-electron chi connectivity index (χ3n) is 2.37. The largest absolute Gasteiger partial charge is 0.395 e. The second kappa shape index (κ2) is 6.32. The zero-order chi connectivity index (χ0) is 11.3. The molecule has 0 spiro atoms. The Morgan fingerprint density at radius 1 is 1.73 bits per heavy atom. The molecule has 5 nitrogen and oxygen atoms in total. The molecule has 1 aliphatic rings. The van der Waals surface area contributed by atoms with Gasteiger partial charge in [-0.05, 0) is 12.8 Å². The van der Waals surface area contributed by atoms with Crippen LogP contribution in [0.3, 0.4) is 0 Å². The van der Waals surface area contributed by atoms with E-state index in [9.17, 15) is 4.79 Å². The SMILES string of the molecule is CC(CO)SCC1CCC(C(=O)NN)O1. The van der Waals surface area contributed by atoms with Crippen molar-refractivity contribution >= 4 is 17.7 Å². The van der Waals surface area contributed by atoms with Crippen molar-refractivity contribution in [1.82, 2.24) is 5.43 Å². The van der Waals surface area contributed by atoms with Crippen LogP contribution in [-0.2, 0) is 9.53 Å². The quantitative estimate of drug-likeness (QED) is 0.343. The molecule has 3 unspecified atom stereocenters. The molecule has 0 saturated carbocycles. The molecule has 3 atom stereocenters. The zero-order valence-corrected chi connectivity index (χ0v) is 9.63. The zero-order valence-electron chi connectivity index (χ0n) is 8.81. The van der Waals surface area contributed by atoms with Crippen LogP contribution in [0.15, 0.2) is 0 Å². The summed E-state index contributed by atoms with van der Waals surface area (Å²) in [6.45, 7) is 2.13. The van der Waals surface area contributed by atoms with E-state index in [1.807, 2.05) is 6.92 Å². The van der Waals surface area contributed by atoms with Crippen molar-refractivity contribution in [2.75, 3.05) is 12.4 Å². The van der Waals surface area contributed by atoms with Crippen molar-refractivity contribution in [3.63, 3.8) is 0 Å². The molecule has 1 heterocycles. The highest BCUT2D eigenvalue weighted by Crippen LogP contribution is 2.24. The van der Waals surface area contributed by atoms with Crippen molar-refractivity contribution in [3.05, 3.63) is 0 Å². The van der Waals surface area contributed by atoms with Gasteiger partial charge < -0.3 is 9.84 Å². The van der Waals surface area contributed by atoms with Gasteiger partial charge in [0.15, 0.2) is 0 Å². The Morgan fingerprint density at radius 2 is 2.47 bits per heavy atom. The van der Waals surface area contributed by atoms with Gasteiger partial charge in [0.05, 0.1) is 12.7 Å². The van der Waals surface area contributed by atoms with Crippen LogP contribution in [0.1, 0.15) is 19.8 Å². The minimum atomic E-state index is -0.398. The molecule has 1 fully saturated rings. The van der Waals surface area contributed by atoms with Crippen molar-refractivity contribution in [1.29, 1.82) is 0 Å². The van der Waals surface area contributed by atoms with Crippen LogP contribution < -0.4 is 11.3 Å². The Morgan fingerprint density at radius 3 is 3.07 bits per heavy atom. The number of ether oxygens (including phenoxy) is 1. The molecule has 0 aromatic rings. The summed E-state index contributed by atoms with van der Waals surface area (Å²) >= 11 is 1.66. The van der Waals surface area contributed by atoms with E-state index in [0.717, 1.165) is 18.6 Å². The van der Waals surface area contributed by atoms with Gasteiger partial charge in [-0.2, -0.15) is 11.8 Å². The molecule has 1 saturated heterocycles. The normalized spacial score (nSPS) is 27.7. The molecule has 88 valence electrons. The number of aliphatic hydroxyl groups is 1. The summed E-state index contributed by atoms with van der Waals surface area (Å²) < 4.78 is 5.51. The molecule has 4 N–H and O–H groups in total. The molecular weight excluding hydrogens is 216 g/mol. The van der Waals surface area contributed by atoms with Gasteiger partial charge >= 0.3 is 0 Å². The molecule has 6 heteroatoms. The maximum atomic E-state index is 11.1. The second-order valence-corrected chi connectivity index (χ2v) is 5.13. The predicted octanol–water partition coefficient (Wildman–Crippen LogP) is -0.362. The van der Waals surface area contributed by atoms with Crippen molar-refractivity contribution in [2.45, 2.75) is 37.2 Å². The summed E-state index contributed by atoms with van der Waals surface area (Å²) in [5.41, 5.74) is 2.09. The Hall–Kier alpha value is -0.300. The third-order valence-corrected chi connectivity index (χ3v) is 3.65. The smallest absolute Gasteiger partial charge is 0.263 e. The maximum absolute atomic E-state index is 11.1. The lowest BCUT2D eigenvalue weighted by molar-refractivity contribution is -0.131. The van der Waals surface area contributed by atoms with Gasteiger partial charge in [0.1, 0.15) is 6.10 Å². The summed E-state index contributed by atoms with van der Waals surface area (Å²) in [5, 5.41) is 9.06. The number of carbonyl (C=O) groups is 1. The molecule has 1 rings (SSSR count). The van der Waals surface area contributed by atoms with E-state index < -0.39 is 6.10 Å². The average Bonchev–Trinajstić information content (AvgIpc) is 2.73. The predicted molar refractivity (Wildman–Crippen MR) is 59.2 cm³/mol. The highest BCUT2D eigenvalue weighted by molar-refractivity contribution is 7.99. The fourth-order valence-corrected chi connectivity index (χ4v) is 2.33. The van der Waals surface area contributed by atoms with Crippen LogP contribution in [0.4, 0.5) is 0 Å². The summed E-state index contributed by atoms with van der Waals surface area (Å²) in [7, 11) is 0. The number of thioether (sulfide) groups is 1. The van der Waals surface area contributed by atoms with Crippen LogP contribution >= 0.6 is 11.8 Å². The number of hydrogen-bond donors (Lipinski definition) is 3. The van der Waals surface area contributed by atoms with Crippen molar-refractivity contribution in [2.24, 2.45) is 5.84 Å². The van der Waals surface area contributed by atoms with Gasteiger partial charge in [-0.3, -0.25) is 10.2 Å².